The van der Waals surface area contributed by atoms with E-state index in [4.69, 9.17) is 0 Å². The number of hydrogen-bond donors (Lipinski definition) is 0. The fourth-order valence-corrected chi connectivity index (χ4v) is 1.46. The van der Waals surface area contributed by atoms with Crippen LogP contribution in [0.25, 0.3) is 11.1 Å². The van der Waals surface area contributed by atoms with Gasteiger partial charge in [0.1, 0.15) is 0 Å². The standard InChI is InChI=1S/C13H9O2.2K/c14-13(15)12-9-5-4-8-11(12)10-6-2-1-3-7-10;;/h1-6,8-9H,(H,14,15);;/q-1;2*+1/p-1. The van der Waals surface area contributed by atoms with E-state index in [0.717, 1.165) is 5.56 Å². The van der Waals surface area contributed by atoms with E-state index in [1.807, 2.05) is 18.2 Å². The minimum atomic E-state index is -1.16. The van der Waals surface area contributed by atoms with E-state index in [0.29, 0.717) is 5.56 Å². The summed E-state index contributed by atoms with van der Waals surface area (Å²) >= 11 is 0. The van der Waals surface area contributed by atoms with Gasteiger partial charge < -0.3 is 9.90 Å². The summed E-state index contributed by atoms with van der Waals surface area (Å²) in [6.07, 6.45) is 0. The summed E-state index contributed by atoms with van der Waals surface area (Å²) in [5, 5.41) is 10.9. The van der Waals surface area contributed by atoms with Crippen molar-refractivity contribution in [1.82, 2.24) is 0 Å². The molecule has 2 nitrogen and oxygen atoms in total. The molecule has 0 saturated carbocycles. The van der Waals surface area contributed by atoms with Crippen molar-refractivity contribution < 1.29 is 113 Å². The van der Waals surface area contributed by atoms with Gasteiger partial charge in [0.15, 0.2) is 0 Å². The molecule has 0 aliphatic rings. The van der Waals surface area contributed by atoms with E-state index < -0.39 is 5.97 Å². The molecule has 0 spiro atoms. The Morgan fingerprint density at radius 2 is 1.65 bits per heavy atom. The van der Waals surface area contributed by atoms with Crippen LogP contribution in [-0.4, -0.2) is 5.97 Å². The second-order valence-corrected chi connectivity index (χ2v) is 3.11. The first-order valence-corrected chi connectivity index (χ1v) is 4.56. The van der Waals surface area contributed by atoms with Crippen molar-refractivity contribution in [3.8, 4) is 11.1 Å². The van der Waals surface area contributed by atoms with Gasteiger partial charge in [-0.1, -0.05) is 29.8 Å². The van der Waals surface area contributed by atoms with E-state index >= 15 is 0 Å². The van der Waals surface area contributed by atoms with Crippen molar-refractivity contribution in [2.45, 2.75) is 0 Å². The Bertz CT molecular complexity index is 484. The Labute approximate surface area is 186 Å². The van der Waals surface area contributed by atoms with Crippen LogP contribution in [0.2, 0.25) is 0 Å². The molecule has 0 N–H and O–H groups in total. The van der Waals surface area contributed by atoms with Crippen LogP contribution >= 0.6 is 0 Å². The van der Waals surface area contributed by atoms with Gasteiger partial charge in [-0.25, -0.2) is 0 Å². The smallest absolute Gasteiger partial charge is 0.546 e. The maximum absolute atomic E-state index is 10.9. The number of carboxylic acids is 1. The third-order valence-electron chi connectivity index (χ3n) is 2.15. The van der Waals surface area contributed by atoms with Crippen LogP contribution in [0, 0.1) is 6.07 Å². The molecule has 0 aliphatic carbocycles. The summed E-state index contributed by atoms with van der Waals surface area (Å²) in [6, 6.07) is 17.0. The molecule has 0 aromatic heterocycles. The molecule has 2 rings (SSSR count). The molecule has 0 fully saturated rings. The Morgan fingerprint density at radius 3 is 2.24 bits per heavy atom. The molecular formula is C13H8K2O2. The van der Waals surface area contributed by atoms with Crippen LogP contribution in [0.15, 0.2) is 48.5 Å². The summed E-state index contributed by atoms with van der Waals surface area (Å²) in [7, 11) is 0. The number of benzene rings is 2. The summed E-state index contributed by atoms with van der Waals surface area (Å²) in [6.45, 7) is 0. The maximum atomic E-state index is 10.9. The predicted molar refractivity (Wildman–Crippen MR) is 55.0 cm³/mol. The fourth-order valence-electron chi connectivity index (χ4n) is 1.46. The van der Waals surface area contributed by atoms with Gasteiger partial charge in [0.25, 0.3) is 0 Å². The molecule has 2 aromatic rings. The molecule has 74 valence electrons. The summed E-state index contributed by atoms with van der Waals surface area (Å²) in [5.41, 5.74) is 1.59. The van der Waals surface area contributed by atoms with Crippen LogP contribution in [-0.2, 0) is 0 Å². The first-order valence-electron chi connectivity index (χ1n) is 4.56. The molecule has 0 saturated heterocycles. The number of carboxylic acid groups (broad SMARTS) is 1. The number of aromatic carboxylic acids is 1. The Morgan fingerprint density at radius 1 is 1.00 bits per heavy atom. The molecule has 0 amide bonds. The second-order valence-electron chi connectivity index (χ2n) is 3.11. The van der Waals surface area contributed by atoms with Crippen molar-refractivity contribution in [2.24, 2.45) is 0 Å². The van der Waals surface area contributed by atoms with Crippen LogP contribution < -0.4 is 108 Å². The van der Waals surface area contributed by atoms with Crippen molar-refractivity contribution in [3.63, 3.8) is 0 Å². The van der Waals surface area contributed by atoms with Crippen molar-refractivity contribution >= 4 is 5.97 Å². The fraction of sp³-hybridized carbons (Fsp3) is 0. The average molecular weight is 274 g/mol. The number of hydrogen-bond acceptors (Lipinski definition) is 2. The van der Waals surface area contributed by atoms with Gasteiger partial charge in [-0.2, -0.15) is 0 Å². The van der Waals surface area contributed by atoms with E-state index in [2.05, 4.69) is 6.07 Å². The molecule has 0 unspecified atom stereocenters. The van der Waals surface area contributed by atoms with Gasteiger partial charge in [0.05, 0.1) is 5.97 Å². The van der Waals surface area contributed by atoms with Crippen LogP contribution in [0.5, 0.6) is 0 Å². The van der Waals surface area contributed by atoms with E-state index in [-0.39, 0.29) is 108 Å². The van der Waals surface area contributed by atoms with Crippen molar-refractivity contribution in [2.75, 3.05) is 0 Å². The first kappa shape index (κ1) is 18.2. The average Bonchev–Trinajstić information content (AvgIpc) is 2.30. The molecule has 2 aromatic carbocycles. The van der Waals surface area contributed by atoms with Crippen molar-refractivity contribution in [1.29, 1.82) is 0 Å². The van der Waals surface area contributed by atoms with E-state index in [1.54, 1.807) is 24.3 Å². The third kappa shape index (κ3) is 4.99. The number of carbonyl (C=O) groups is 1. The van der Waals surface area contributed by atoms with Gasteiger partial charge >= 0.3 is 103 Å². The second kappa shape index (κ2) is 9.14. The SMILES string of the molecule is O=C([O-])c1ccccc1-c1[c-]cccc1.[K+].[K+]. The van der Waals surface area contributed by atoms with Crippen LogP contribution in [0.3, 0.4) is 0 Å². The molecule has 17 heavy (non-hydrogen) atoms. The van der Waals surface area contributed by atoms with E-state index in [1.165, 1.54) is 6.07 Å². The summed E-state index contributed by atoms with van der Waals surface area (Å²) in [4.78, 5) is 10.9. The van der Waals surface area contributed by atoms with Gasteiger partial charge in [0, 0.05) is 0 Å². The zero-order valence-corrected chi connectivity index (χ0v) is 16.2. The Hall–Kier alpha value is 1.18. The predicted octanol–water partition coefficient (Wildman–Crippen LogP) is -4.47. The molecule has 0 aliphatic heterocycles. The van der Waals surface area contributed by atoms with E-state index in [9.17, 15) is 9.90 Å². The zero-order chi connectivity index (χ0) is 10.7. The quantitative estimate of drug-likeness (QED) is 0.409. The van der Waals surface area contributed by atoms with Gasteiger partial charge in [-0.15, -0.1) is 35.9 Å². The topological polar surface area (TPSA) is 40.1 Å². The van der Waals surface area contributed by atoms with Gasteiger partial charge in [-0.3, -0.25) is 0 Å². The molecule has 4 heteroatoms. The number of carbonyl (C=O) groups excluding carboxylic acids is 1. The monoisotopic (exact) mass is 274 g/mol. The first-order chi connectivity index (χ1) is 7.29. The maximum Gasteiger partial charge on any atom is 1.00 e. The number of rotatable bonds is 2. The summed E-state index contributed by atoms with van der Waals surface area (Å²) < 4.78 is 0. The van der Waals surface area contributed by atoms with Gasteiger partial charge in [0.2, 0.25) is 0 Å². The largest absolute Gasteiger partial charge is 1.00 e. The molecule has 0 atom stereocenters. The molecule has 0 radical (unpaired) electrons. The minimum absolute atomic E-state index is 0. The normalized spacial score (nSPS) is 8.71. The third-order valence-corrected chi connectivity index (χ3v) is 2.15. The van der Waals surface area contributed by atoms with Crippen LogP contribution in [0.1, 0.15) is 10.4 Å². The minimum Gasteiger partial charge on any atom is -0.546 e. The Balaban J connectivity index is 0.00000128. The van der Waals surface area contributed by atoms with Crippen LogP contribution in [0.4, 0.5) is 0 Å². The zero-order valence-electron chi connectivity index (χ0n) is 9.94. The molecular weight excluding hydrogens is 266 g/mol. The Kier molecular flexibility index (Phi) is 9.78. The van der Waals surface area contributed by atoms with Crippen molar-refractivity contribution in [3.05, 3.63) is 60.2 Å². The van der Waals surface area contributed by atoms with Gasteiger partial charge in [-0.05, 0) is 5.56 Å². The molecule has 0 bridgehead atoms. The molecule has 0 heterocycles. The summed E-state index contributed by atoms with van der Waals surface area (Å²) in [5.74, 6) is -1.16.